The average Bonchev–Trinajstić information content (AvgIpc) is 3.12. The highest BCUT2D eigenvalue weighted by atomic mass is 16.7. The number of hydroxylamine groups is 2. The summed E-state index contributed by atoms with van der Waals surface area (Å²) in [5.74, 6) is -0.244. The van der Waals surface area contributed by atoms with E-state index in [1.54, 1.807) is 30.3 Å². The summed E-state index contributed by atoms with van der Waals surface area (Å²) in [6.07, 6.45) is 1.57. The molecular formula is C28H22N2O4. The first-order valence-corrected chi connectivity index (χ1v) is 11.0. The standard InChI is InChI=1S/C28H22N2O4/c1-2-7-26(34-30-27(31)23-9-4-5-10-24(23)28(30)32)20-13-16-22(17-14-20)33-18-21-15-12-19-8-3-6-11-25(19)29-21/h2-6,8-17,26H,1,7,18H2. The number of imide groups is 1. The van der Waals surface area contributed by atoms with Crippen LogP contribution in [-0.4, -0.2) is 21.9 Å². The number of para-hydroxylation sites is 1. The second-order valence-corrected chi connectivity index (χ2v) is 7.92. The van der Waals surface area contributed by atoms with Crippen molar-refractivity contribution in [2.45, 2.75) is 19.1 Å². The molecule has 0 N–H and O–H groups in total. The van der Waals surface area contributed by atoms with Crippen LogP contribution in [0.25, 0.3) is 10.9 Å². The summed E-state index contributed by atoms with van der Waals surface area (Å²) >= 11 is 0. The van der Waals surface area contributed by atoms with E-state index in [4.69, 9.17) is 9.57 Å². The Labute approximate surface area is 197 Å². The summed E-state index contributed by atoms with van der Waals surface area (Å²) in [5, 5.41) is 1.93. The van der Waals surface area contributed by atoms with Crippen LogP contribution in [0.15, 0.2) is 97.6 Å². The monoisotopic (exact) mass is 450 g/mol. The minimum atomic E-state index is -0.545. The van der Waals surface area contributed by atoms with Crippen molar-refractivity contribution in [2.24, 2.45) is 0 Å². The molecule has 0 aliphatic carbocycles. The van der Waals surface area contributed by atoms with Crippen molar-refractivity contribution in [3.8, 4) is 5.75 Å². The molecular weight excluding hydrogens is 428 g/mol. The Bertz CT molecular complexity index is 1350. The zero-order chi connectivity index (χ0) is 23.5. The molecule has 4 aromatic rings. The van der Waals surface area contributed by atoms with E-state index in [0.29, 0.717) is 29.9 Å². The van der Waals surface area contributed by atoms with Crippen molar-refractivity contribution in [2.75, 3.05) is 0 Å². The quantitative estimate of drug-likeness (QED) is 0.256. The van der Waals surface area contributed by atoms with Crippen molar-refractivity contribution < 1.29 is 19.2 Å². The molecule has 1 unspecified atom stereocenters. The summed E-state index contributed by atoms with van der Waals surface area (Å²) in [7, 11) is 0. The molecule has 0 bridgehead atoms. The Balaban J connectivity index is 1.27. The highest BCUT2D eigenvalue weighted by Gasteiger charge is 2.38. The topological polar surface area (TPSA) is 68.7 Å². The molecule has 0 spiro atoms. The normalized spacial score (nSPS) is 13.7. The number of amides is 2. The summed E-state index contributed by atoms with van der Waals surface area (Å²) in [5.41, 5.74) is 3.25. The van der Waals surface area contributed by atoms with Crippen molar-refractivity contribution in [3.05, 3.63) is 120 Å². The van der Waals surface area contributed by atoms with Gasteiger partial charge in [-0.05, 0) is 48.4 Å². The molecule has 0 saturated heterocycles. The fourth-order valence-corrected chi connectivity index (χ4v) is 3.91. The third kappa shape index (κ3) is 4.19. The molecule has 168 valence electrons. The van der Waals surface area contributed by atoms with Crippen LogP contribution in [0.1, 0.15) is 44.5 Å². The molecule has 0 fully saturated rings. The largest absolute Gasteiger partial charge is 0.487 e. The van der Waals surface area contributed by atoms with Crippen LogP contribution in [0.4, 0.5) is 0 Å². The van der Waals surface area contributed by atoms with Crippen LogP contribution in [-0.2, 0) is 11.4 Å². The van der Waals surface area contributed by atoms with Gasteiger partial charge in [-0.1, -0.05) is 54.6 Å². The van der Waals surface area contributed by atoms with Crippen LogP contribution >= 0.6 is 0 Å². The smallest absolute Gasteiger partial charge is 0.285 e. The first-order chi connectivity index (χ1) is 16.6. The molecule has 6 nitrogen and oxygen atoms in total. The molecule has 3 aromatic carbocycles. The average molecular weight is 450 g/mol. The molecule has 5 rings (SSSR count). The molecule has 2 amide bonds. The first-order valence-electron chi connectivity index (χ1n) is 11.0. The van der Waals surface area contributed by atoms with Crippen molar-refractivity contribution in [3.63, 3.8) is 0 Å². The number of carbonyl (C=O) groups is 2. The maximum Gasteiger partial charge on any atom is 0.285 e. The Kier molecular flexibility index (Phi) is 5.89. The van der Waals surface area contributed by atoms with Crippen LogP contribution in [0.2, 0.25) is 0 Å². The zero-order valence-electron chi connectivity index (χ0n) is 18.4. The molecule has 6 heteroatoms. The van der Waals surface area contributed by atoms with E-state index >= 15 is 0 Å². The van der Waals surface area contributed by atoms with Gasteiger partial charge < -0.3 is 4.74 Å². The number of fused-ring (bicyclic) bond motifs is 2. The number of benzene rings is 3. The minimum absolute atomic E-state index is 0.339. The van der Waals surface area contributed by atoms with Gasteiger partial charge in [-0.25, -0.2) is 4.98 Å². The number of pyridine rings is 1. The lowest BCUT2D eigenvalue weighted by atomic mass is 10.1. The summed E-state index contributed by atoms with van der Waals surface area (Å²) in [6, 6.07) is 26.0. The number of rotatable bonds is 8. The van der Waals surface area contributed by atoms with Gasteiger partial charge in [0.15, 0.2) is 0 Å². The number of hydrogen-bond acceptors (Lipinski definition) is 5. The van der Waals surface area contributed by atoms with Gasteiger partial charge in [-0.3, -0.25) is 14.4 Å². The van der Waals surface area contributed by atoms with Gasteiger partial charge in [0.1, 0.15) is 18.5 Å². The lowest BCUT2D eigenvalue weighted by Crippen LogP contribution is -2.31. The van der Waals surface area contributed by atoms with Crippen LogP contribution in [0.5, 0.6) is 5.75 Å². The third-order valence-corrected chi connectivity index (χ3v) is 5.66. The molecule has 2 heterocycles. The van der Waals surface area contributed by atoms with E-state index in [1.807, 2.05) is 60.7 Å². The predicted molar refractivity (Wildman–Crippen MR) is 128 cm³/mol. The molecule has 1 atom stereocenters. The number of carbonyl (C=O) groups excluding carboxylic acids is 2. The predicted octanol–water partition coefficient (Wildman–Crippen LogP) is 5.66. The van der Waals surface area contributed by atoms with Crippen LogP contribution < -0.4 is 4.74 Å². The minimum Gasteiger partial charge on any atom is -0.487 e. The number of aromatic nitrogens is 1. The Morgan fingerprint density at radius 2 is 1.53 bits per heavy atom. The maximum absolute atomic E-state index is 12.7. The van der Waals surface area contributed by atoms with Gasteiger partial charge >= 0.3 is 0 Å². The van der Waals surface area contributed by atoms with Crippen molar-refractivity contribution in [1.82, 2.24) is 10.0 Å². The summed E-state index contributed by atoms with van der Waals surface area (Å²) in [6.45, 7) is 4.12. The Morgan fingerprint density at radius 1 is 0.853 bits per heavy atom. The number of hydrogen-bond donors (Lipinski definition) is 0. The molecule has 0 saturated carbocycles. The summed E-state index contributed by atoms with van der Waals surface area (Å²) < 4.78 is 5.90. The van der Waals surface area contributed by atoms with Crippen LogP contribution in [0.3, 0.4) is 0 Å². The highest BCUT2D eigenvalue weighted by molar-refractivity contribution is 6.20. The fourth-order valence-electron chi connectivity index (χ4n) is 3.91. The molecule has 1 aliphatic heterocycles. The van der Waals surface area contributed by atoms with E-state index in [-0.39, 0.29) is 0 Å². The first kappa shape index (κ1) is 21.6. The Hall–Kier alpha value is -4.29. The lowest BCUT2D eigenvalue weighted by molar-refractivity contribution is -0.133. The number of ether oxygens (including phenoxy) is 1. The van der Waals surface area contributed by atoms with Gasteiger partial charge in [-0.15, -0.1) is 11.6 Å². The van der Waals surface area contributed by atoms with Crippen LogP contribution in [0, 0.1) is 0 Å². The zero-order valence-corrected chi connectivity index (χ0v) is 18.4. The second kappa shape index (κ2) is 9.29. The van der Waals surface area contributed by atoms with Crippen molar-refractivity contribution in [1.29, 1.82) is 0 Å². The van der Waals surface area contributed by atoms with E-state index in [1.165, 1.54) is 0 Å². The van der Waals surface area contributed by atoms with Gasteiger partial charge in [0, 0.05) is 5.39 Å². The number of nitrogens with zero attached hydrogens (tertiary/aromatic N) is 2. The molecule has 1 aliphatic rings. The van der Waals surface area contributed by atoms with E-state index in [2.05, 4.69) is 11.6 Å². The van der Waals surface area contributed by atoms with Gasteiger partial charge in [0.2, 0.25) is 0 Å². The van der Waals surface area contributed by atoms with Gasteiger partial charge in [0.05, 0.1) is 22.3 Å². The maximum atomic E-state index is 12.7. The summed E-state index contributed by atoms with van der Waals surface area (Å²) in [4.78, 5) is 35.8. The highest BCUT2D eigenvalue weighted by Crippen LogP contribution is 2.30. The molecule has 1 aromatic heterocycles. The SMILES string of the molecule is C=CCC(ON1C(=O)c2ccccc2C1=O)c1ccc(OCc2ccc3ccccc3n2)cc1. The van der Waals surface area contributed by atoms with E-state index in [9.17, 15) is 9.59 Å². The van der Waals surface area contributed by atoms with Gasteiger partial charge in [-0.2, -0.15) is 0 Å². The van der Waals surface area contributed by atoms with E-state index < -0.39 is 17.9 Å². The Morgan fingerprint density at radius 3 is 2.24 bits per heavy atom. The third-order valence-electron chi connectivity index (χ3n) is 5.66. The van der Waals surface area contributed by atoms with E-state index in [0.717, 1.165) is 27.2 Å². The molecule has 0 radical (unpaired) electrons. The second-order valence-electron chi connectivity index (χ2n) is 7.92. The fraction of sp³-hybridized carbons (Fsp3) is 0.107. The van der Waals surface area contributed by atoms with Gasteiger partial charge in [0.25, 0.3) is 11.8 Å². The lowest BCUT2D eigenvalue weighted by Gasteiger charge is -2.22. The van der Waals surface area contributed by atoms with Crippen molar-refractivity contribution >= 4 is 22.7 Å². The molecule has 34 heavy (non-hydrogen) atoms.